The summed E-state index contributed by atoms with van der Waals surface area (Å²) < 4.78 is 35.7. The van der Waals surface area contributed by atoms with Crippen LogP contribution in [0.1, 0.15) is 34.3 Å². The van der Waals surface area contributed by atoms with Crippen LogP contribution >= 0.6 is 0 Å². The van der Waals surface area contributed by atoms with Crippen LogP contribution in [0.15, 0.2) is 24.9 Å². The molecule has 0 bridgehead atoms. The average Bonchev–Trinajstić information content (AvgIpc) is 3.22. The van der Waals surface area contributed by atoms with Gasteiger partial charge in [0.1, 0.15) is 28.8 Å². The summed E-state index contributed by atoms with van der Waals surface area (Å²) in [5.41, 5.74) is 4.18. The van der Waals surface area contributed by atoms with E-state index in [1.54, 1.807) is 4.90 Å². The smallest absolute Gasteiger partial charge is 0.412 e. The number of carbonyl (C=O) groups is 2. The second kappa shape index (κ2) is 9.88. The molecule has 1 fully saturated rings. The number of ether oxygens (including phenoxy) is 1. The number of hydrogen-bond acceptors (Lipinski definition) is 7. The Morgan fingerprint density at radius 3 is 2.85 bits per heavy atom. The van der Waals surface area contributed by atoms with Gasteiger partial charge in [-0.15, -0.1) is 0 Å². The van der Waals surface area contributed by atoms with Crippen molar-refractivity contribution in [3.8, 4) is 11.8 Å². The molecule has 1 aromatic heterocycles. The maximum absolute atomic E-state index is 15.7. The Bertz CT molecular complexity index is 1160. The number of nitriles is 1. The van der Waals surface area contributed by atoms with Gasteiger partial charge in [-0.1, -0.05) is 12.7 Å². The average molecular weight is 474 g/mol. The monoisotopic (exact) mass is 474 g/mol. The molecule has 2 unspecified atom stereocenters. The van der Waals surface area contributed by atoms with Crippen LogP contribution in [0, 0.1) is 17.1 Å². The van der Waals surface area contributed by atoms with E-state index < -0.39 is 29.5 Å². The number of anilines is 1. The number of methoxy groups -OCH3 is 1. The molecule has 12 heteroatoms. The molecule has 2 atom stereocenters. The van der Waals surface area contributed by atoms with Gasteiger partial charge in [0, 0.05) is 37.0 Å². The maximum Gasteiger partial charge on any atom is 0.412 e. The molecule has 0 spiro atoms. The van der Waals surface area contributed by atoms with Crippen molar-refractivity contribution >= 4 is 23.9 Å². The Hall–Kier alpha value is -3.98. The molecule has 4 N–H and O–H groups in total. The van der Waals surface area contributed by atoms with Gasteiger partial charge in [0.2, 0.25) is 0 Å². The van der Waals surface area contributed by atoms with E-state index in [1.165, 1.54) is 18.3 Å². The van der Waals surface area contributed by atoms with Crippen LogP contribution in [0.3, 0.4) is 0 Å². The highest BCUT2D eigenvalue weighted by Crippen LogP contribution is 2.37. The van der Waals surface area contributed by atoms with Gasteiger partial charge in [-0.3, -0.25) is 19.7 Å². The van der Waals surface area contributed by atoms with Crippen LogP contribution in [0.25, 0.3) is 6.08 Å². The van der Waals surface area contributed by atoms with Crippen LogP contribution in [0.2, 0.25) is 0 Å². The summed E-state index contributed by atoms with van der Waals surface area (Å²) in [6.07, 6.45) is -0.206. The lowest BCUT2D eigenvalue weighted by molar-refractivity contribution is 0.00658. The van der Waals surface area contributed by atoms with Crippen molar-refractivity contribution in [2.24, 2.45) is 5.73 Å². The van der Waals surface area contributed by atoms with E-state index in [-0.39, 0.29) is 60.7 Å². The molecule has 2 heterocycles. The number of likely N-dealkylation sites (tertiary alicyclic amines) is 1. The van der Waals surface area contributed by atoms with Gasteiger partial charge in [0.25, 0.3) is 5.91 Å². The lowest BCUT2D eigenvalue weighted by atomic mass is 9.83. The number of alkyl halides is 1. The Kier molecular flexibility index (Phi) is 7.17. The first-order chi connectivity index (χ1) is 16.1. The molecule has 180 valence electrons. The van der Waals surface area contributed by atoms with Gasteiger partial charge in [-0.25, -0.2) is 13.6 Å². The summed E-state index contributed by atoms with van der Waals surface area (Å²) in [6, 6.07) is 4.38. The molecule has 2 amide bonds. The number of hydrogen-bond donors (Lipinski definition) is 3. The van der Waals surface area contributed by atoms with Crippen molar-refractivity contribution in [3.63, 3.8) is 0 Å². The minimum Gasteiger partial charge on any atom is -0.507 e. The van der Waals surface area contributed by atoms with Gasteiger partial charge in [0.15, 0.2) is 5.82 Å². The summed E-state index contributed by atoms with van der Waals surface area (Å²) in [4.78, 5) is 25.1. The lowest BCUT2D eigenvalue weighted by Crippen LogP contribution is -2.54. The van der Waals surface area contributed by atoms with Crippen LogP contribution in [0.5, 0.6) is 5.75 Å². The van der Waals surface area contributed by atoms with Crippen LogP contribution < -0.4 is 11.1 Å². The largest absolute Gasteiger partial charge is 0.507 e. The molecule has 1 saturated heterocycles. The molecular formula is C22H24F2N6O4. The fraction of sp³-hybridized carbons (Fsp3) is 0.364. The predicted octanol–water partition coefficient (Wildman–Crippen LogP) is 2.50. The Morgan fingerprint density at radius 1 is 1.53 bits per heavy atom. The molecule has 0 radical (unpaired) electrons. The molecule has 3 rings (SSSR count). The molecule has 1 aromatic carbocycles. The number of phenols is 1. The number of amides is 2. The topological polar surface area (TPSA) is 146 Å². The standard InChI is InChI=1S/C22H24F2N6O4/c1-3-13-8-16(23)14(9-17(13)31)10-29-7-5-22(4-6-25,18(24)12-29)30-11-15(19(26)32)20(28-30)27-21(33)34-2/h3,8-9,11,18,31H,1,4-5,7,10,12H2,2H3,(H2,26,32)(H,27,28,33). The zero-order valence-electron chi connectivity index (χ0n) is 18.4. The number of aromatic hydroxyl groups is 1. The number of carbonyl (C=O) groups excluding carboxylic acids is 2. The number of benzene rings is 1. The minimum absolute atomic E-state index is 0.0284. The lowest BCUT2D eigenvalue weighted by Gasteiger charge is -2.43. The Labute approximate surface area is 194 Å². The third-order valence-electron chi connectivity index (χ3n) is 5.90. The number of rotatable bonds is 7. The van der Waals surface area contributed by atoms with Crippen LogP contribution in [-0.4, -0.2) is 58.2 Å². The molecule has 0 saturated carbocycles. The highest BCUT2D eigenvalue weighted by atomic mass is 19.1. The van der Waals surface area contributed by atoms with Crippen molar-refractivity contribution in [1.29, 1.82) is 5.26 Å². The van der Waals surface area contributed by atoms with Gasteiger partial charge in [-0.2, -0.15) is 10.4 Å². The molecule has 10 nitrogen and oxygen atoms in total. The van der Waals surface area contributed by atoms with Gasteiger partial charge < -0.3 is 15.6 Å². The van der Waals surface area contributed by atoms with E-state index in [4.69, 9.17) is 5.73 Å². The number of phenolic OH excluding ortho intramolecular Hbond substituents is 1. The fourth-order valence-corrected chi connectivity index (χ4v) is 3.98. The zero-order valence-corrected chi connectivity index (χ0v) is 18.4. The number of primary amides is 1. The maximum atomic E-state index is 15.7. The van der Waals surface area contributed by atoms with Crippen LogP contribution in [0.4, 0.5) is 19.4 Å². The highest BCUT2D eigenvalue weighted by Gasteiger charge is 2.46. The zero-order chi connectivity index (χ0) is 25.0. The summed E-state index contributed by atoms with van der Waals surface area (Å²) in [5.74, 6) is -1.82. The van der Waals surface area contributed by atoms with Crippen molar-refractivity contribution < 1.29 is 28.2 Å². The van der Waals surface area contributed by atoms with Gasteiger partial charge in [-0.05, 0) is 18.6 Å². The Morgan fingerprint density at radius 2 is 2.26 bits per heavy atom. The molecule has 0 aliphatic carbocycles. The normalized spacial score (nSPS) is 20.4. The fourth-order valence-electron chi connectivity index (χ4n) is 3.98. The minimum atomic E-state index is -1.64. The van der Waals surface area contributed by atoms with Crippen molar-refractivity contribution in [2.75, 3.05) is 25.5 Å². The second-order valence-corrected chi connectivity index (χ2v) is 7.91. The van der Waals surface area contributed by atoms with Crippen molar-refractivity contribution in [2.45, 2.75) is 31.1 Å². The SMILES string of the molecule is C=Cc1cc(F)c(CN2CCC(CC#N)(n3cc(C(N)=O)c(NC(=O)OC)n3)C(F)C2)cc1O. The number of aromatic nitrogens is 2. The van der Waals surface area contributed by atoms with E-state index in [9.17, 15) is 24.3 Å². The number of halogens is 2. The van der Waals surface area contributed by atoms with E-state index >= 15 is 4.39 Å². The highest BCUT2D eigenvalue weighted by molar-refractivity contribution is 6.00. The second-order valence-electron chi connectivity index (χ2n) is 7.91. The van der Waals surface area contributed by atoms with Crippen molar-refractivity contribution in [3.05, 3.63) is 47.4 Å². The van der Waals surface area contributed by atoms with E-state index in [0.717, 1.165) is 17.9 Å². The summed E-state index contributed by atoms with van der Waals surface area (Å²) in [7, 11) is 1.12. The van der Waals surface area contributed by atoms with Crippen molar-refractivity contribution in [1.82, 2.24) is 14.7 Å². The number of nitrogens with zero attached hydrogens (tertiary/aromatic N) is 4. The quantitative estimate of drug-likeness (QED) is 0.559. The molecular weight excluding hydrogens is 450 g/mol. The summed E-state index contributed by atoms with van der Waals surface area (Å²) >= 11 is 0. The first-order valence-electron chi connectivity index (χ1n) is 10.3. The van der Waals surface area contributed by atoms with E-state index in [1.807, 2.05) is 6.07 Å². The predicted molar refractivity (Wildman–Crippen MR) is 118 cm³/mol. The van der Waals surface area contributed by atoms with E-state index in [0.29, 0.717) is 0 Å². The van der Waals surface area contributed by atoms with E-state index in [2.05, 4.69) is 21.7 Å². The molecule has 1 aliphatic heterocycles. The third-order valence-corrected chi connectivity index (χ3v) is 5.90. The summed E-state index contributed by atoms with van der Waals surface area (Å²) in [6.45, 7) is 3.63. The number of nitrogens with one attached hydrogen (secondary N) is 1. The molecule has 2 aromatic rings. The van der Waals surface area contributed by atoms with Gasteiger partial charge >= 0.3 is 6.09 Å². The summed E-state index contributed by atoms with van der Waals surface area (Å²) in [5, 5.41) is 25.8. The molecule has 34 heavy (non-hydrogen) atoms. The van der Waals surface area contributed by atoms with Gasteiger partial charge in [0.05, 0.1) is 19.6 Å². The first-order valence-corrected chi connectivity index (χ1v) is 10.3. The Balaban J connectivity index is 1.88. The third kappa shape index (κ3) is 4.69. The molecule has 1 aliphatic rings. The number of nitrogens with two attached hydrogens (primary N) is 1. The number of piperidine rings is 1. The van der Waals surface area contributed by atoms with Crippen LogP contribution in [-0.2, 0) is 16.8 Å². The first kappa shape index (κ1) is 24.7.